The molecule has 0 radical (unpaired) electrons. The van der Waals surface area contributed by atoms with Crippen LogP contribution >= 0.6 is 0 Å². The zero-order chi connectivity index (χ0) is 17.1. The van der Waals surface area contributed by atoms with Crippen molar-refractivity contribution in [2.75, 3.05) is 0 Å². The molecule has 1 saturated carbocycles. The van der Waals surface area contributed by atoms with E-state index in [1.807, 2.05) is 11.5 Å². The molecule has 1 aliphatic carbocycles. The lowest BCUT2D eigenvalue weighted by Crippen LogP contribution is -2.30. The standard InChI is InChI=1S/C17H20F2N4O/c1-11(17-22-20-10-23(17)14-4-2-3-5-14)21-16(24)8-12-6-7-13(18)9-15(12)19/h6-7,9-11,14H,2-5,8H2,1H3,(H,21,24)/t11-/m0/s1. The van der Waals surface area contributed by atoms with Gasteiger partial charge in [-0.15, -0.1) is 10.2 Å². The van der Waals surface area contributed by atoms with Crippen molar-refractivity contribution in [3.05, 3.63) is 47.5 Å². The number of hydrogen-bond donors (Lipinski definition) is 1. The zero-order valence-electron chi connectivity index (χ0n) is 13.5. The third-order valence-corrected chi connectivity index (χ3v) is 4.45. The Morgan fingerprint density at radius 1 is 1.38 bits per heavy atom. The predicted octanol–water partition coefficient (Wildman–Crippen LogP) is 3.09. The average Bonchev–Trinajstić information content (AvgIpc) is 3.19. The topological polar surface area (TPSA) is 59.8 Å². The third-order valence-electron chi connectivity index (χ3n) is 4.45. The highest BCUT2D eigenvalue weighted by molar-refractivity contribution is 5.78. The molecule has 1 atom stereocenters. The first-order valence-corrected chi connectivity index (χ1v) is 8.17. The maximum atomic E-state index is 13.6. The molecule has 0 unspecified atom stereocenters. The lowest BCUT2D eigenvalue weighted by molar-refractivity contribution is -0.121. The Balaban J connectivity index is 1.65. The van der Waals surface area contributed by atoms with E-state index in [9.17, 15) is 13.6 Å². The summed E-state index contributed by atoms with van der Waals surface area (Å²) < 4.78 is 28.6. The van der Waals surface area contributed by atoms with Gasteiger partial charge in [0, 0.05) is 12.1 Å². The lowest BCUT2D eigenvalue weighted by Gasteiger charge is -2.18. The van der Waals surface area contributed by atoms with E-state index in [1.165, 1.54) is 18.9 Å². The van der Waals surface area contributed by atoms with Crippen molar-refractivity contribution in [3.8, 4) is 0 Å². The second-order valence-corrected chi connectivity index (χ2v) is 6.24. The third kappa shape index (κ3) is 3.60. The molecule has 1 amide bonds. The maximum absolute atomic E-state index is 13.6. The number of hydrogen-bond acceptors (Lipinski definition) is 3. The number of carbonyl (C=O) groups is 1. The normalized spacial score (nSPS) is 16.3. The molecule has 7 heteroatoms. The highest BCUT2D eigenvalue weighted by atomic mass is 19.1. The highest BCUT2D eigenvalue weighted by Crippen LogP contribution is 2.31. The van der Waals surface area contributed by atoms with Gasteiger partial charge in [-0.3, -0.25) is 4.79 Å². The van der Waals surface area contributed by atoms with Crippen LogP contribution in [-0.2, 0) is 11.2 Å². The Hall–Kier alpha value is -2.31. The van der Waals surface area contributed by atoms with Gasteiger partial charge in [0.15, 0.2) is 5.82 Å². The number of halogens is 2. The van der Waals surface area contributed by atoms with E-state index in [0.29, 0.717) is 11.9 Å². The summed E-state index contributed by atoms with van der Waals surface area (Å²) in [6.07, 6.45) is 6.11. The Kier molecular flexibility index (Phi) is 4.87. The molecule has 0 bridgehead atoms. The molecule has 1 heterocycles. The molecular weight excluding hydrogens is 314 g/mol. The molecule has 24 heavy (non-hydrogen) atoms. The van der Waals surface area contributed by atoms with Gasteiger partial charge in [0.25, 0.3) is 0 Å². The second-order valence-electron chi connectivity index (χ2n) is 6.24. The zero-order valence-corrected chi connectivity index (χ0v) is 13.5. The van der Waals surface area contributed by atoms with E-state index < -0.39 is 11.6 Å². The van der Waals surface area contributed by atoms with Gasteiger partial charge in [-0.05, 0) is 31.4 Å². The van der Waals surface area contributed by atoms with E-state index in [0.717, 1.165) is 25.0 Å². The molecule has 0 aliphatic heterocycles. The molecular formula is C17H20F2N4O. The fourth-order valence-corrected chi connectivity index (χ4v) is 3.22. The van der Waals surface area contributed by atoms with Gasteiger partial charge in [0.2, 0.25) is 5.91 Å². The first-order valence-electron chi connectivity index (χ1n) is 8.17. The van der Waals surface area contributed by atoms with Crippen LogP contribution in [-0.4, -0.2) is 20.7 Å². The van der Waals surface area contributed by atoms with Gasteiger partial charge in [-0.25, -0.2) is 8.78 Å². The summed E-state index contributed by atoms with van der Waals surface area (Å²) in [5.74, 6) is -1.01. The molecule has 2 aromatic rings. The molecule has 3 rings (SSSR count). The van der Waals surface area contributed by atoms with Gasteiger partial charge in [0.05, 0.1) is 12.5 Å². The van der Waals surface area contributed by atoms with Crippen molar-refractivity contribution in [2.45, 2.75) is 51.1 Å². The summed E-state index contributed by atoms with van der Waals surface area (Å²) in [7, 11) is 0. The number of nitrogens with zero attached hydrogens (tertiary/aromatic N) is 3. The number of amides is 1. The van der Waals surface area contributed by atoms with E-state index >= 15 is 0 Å². The van der Waals surface area contributed by atoms with Crippen molar-refractivity contribution >= 4 is 5.91 Å². The highest BCUT2D eigenvalue weighted by Gasteiger charge is 2.23. The molecule has 1 aliphatic rings. The van der Waals surface area contributed by atoms with E-state index in [4.69, 9.17) is 0 Å². The molecule has 0 spiro atoms. The second kappa shape index (κ2) is 7.07. The summed E-state index contributed by atoms with van der Waals surface area (Å²) in [5, 5.41) is 10.9. The Labute approximate surface area is 139 Å². The van der Waals surface area contributed by atoms with Crippen LogP contribution in [0.1, 0.15) is 56.1 Å². The predicted molar refractivity (Wildman–Crippen MR) is 84.1 cm³/mol. The number of aromatic nitrogens is 3. The Bertz CT molecular complexity index is 725. The Morgan fingerprint density at radius 2 is 2.12 bits per heavy atom. The van der Waals surface area contributed by atoms with E-state index in [1.54, 1.807) is 6.33 Å². The van der Waals surface area contributed by atoms with Crippen LogP contribution in [0, 0.1) is 11.6 Å². The minimum absolute atomic E-state index is 0.145. The van der Waals surface area contributed by atoms with Gasteiger partial charge in [0.1, 0.15) is 18.0 Å². The van der Waals surface area contributed by atoms with Gasteiger partial charge >= 0.3 is 0 Å². The molecule has 1 aromatic heterocycles. The van der Waals surface area contributed by atoms with E-state index in [2.05, 4.69) is 15.5 Å². The van der Waals surface area contributed by atoms with Crippen LogP contribution in [0.5, 0.6) is 0 Å². The first kappa shape index (κ1) is 16.5. The fraction of sp³-hybridized carbons (Fsp3) is 0.471. The SMILES string of the molecule is C[C@H](NC(=O)Cc1ccc(F)cc1F)c1nncn1C1CCCC1. The number of carbonyl (C=O) groups excluding carboxylic acids is 1. The van der Waals surface area contributed by atoms with Crippen molar-refractivity contribution in [1.29, 1.82) is 0 Å². The van der Waals surface area contributed by atoms with Gasteiger partial charge in [-0.2, -0.15) is 0 Å². The summed E-state index contributed by atoms with van der Waals surface area (Å²) in [6.45, 7) is 1.83. The largest absolute Gasteiger partial charge is 0.346 e. The minimum Gasteiger partial charge on any atom is -0.346 e. The maximum Gasteiger partial charge on any atom is 0.225 e. The van der Waals surface area contributed by atoms with Crippen LogP contribution in [0.25, 0.3) is 0 Å². The number of benzene rings is 1. The van der Waals surface area contributed by atoms with Gasteiger partial charge in [-0.1, -0.05) is 18.9 Å². The summed E-state index contributed by atoms with van der Waals surface area (Å²) in [5.41, 5.74) is 0.165. The number of rotatable bonds is 5. The average molecular weight is 334 g/mol. The van der Waals surface area contributed by atoms with Crippen LogP contribution in [0.15, 0.2) is 24.5 Å². The quantitative estimate of drug-likeness (QED) is 0.914. The van der Waals surface area contributed by atoms with Crippen LogP contribution in [0.3, 0.4) is 0 Å². The van der Waals surface area contributed by atoms with Crippen molar-refractivity contribution in [3.63, 3.8) is 0 Å². The summed E-state index contributed by atoms with van der Waals surface area (Å²) in [4.78, 5) is 12.2. The monoisotopic (exact) mass is 334 g/mol. The molecule has 5 nitrogen and oxygen atoms in total. The number of nitrogens with one attached hydrogen (secondary N) is 1. The van der Waals surface area contributed by atoms with Crippen LogP contribution < -0.4 is 5.32 Å². The minimum atomic E-state index is -0.716. The van der Waals surface area contributed by atoms with Gasteiger partial charge < -0.3 is 9.88 Å². The summed E-state index contributed by atoms with van der Waals surface area (Å²) >= 11 is 0. The smallest absolute Gasteiger partial charge is 0.225 e. The lowest BCUT2D eigenvalue weighted by atomic mass is 10.1. The van der Waals surface area contributed by atoms with Crippen LogP contribution in [0.2, 0.25) is 0 Å². The van der Waals surface area contributed by atoms with Crippen molar-refractivity contribution in [2.24, 2.45) is 0 Å². The fourth-order valence-electron chi connectivity index (χ4n) is 3.22. The first-order chi connectivity index (χ1) is 11.5. The molecule has 1 fully saturated rings. The molecule has 1 aromatic carbocycles. The van der Waals surface area contributed by atoms with Crippen molar-refractivity contribution < 1.29 is 13.6 Å². The molecule has 0 saturated heterocycles. The molecule has 1 N–H and O–H groups in total. The summed E-state index contributed by atoms with van der Waals surface area (Å²) in [6, 6.07) is 3.26. The van der Waals surface area contributed by atoms with E-state index in [-0.39, 0.29) is 23.9 Å². The van der Waals surface area contributed by atoms with Crippen molar-refractivity contribution in [1.82, 2.24) is 20.1 Å². The Morgan fingerprint density at radius 3 is 2.83 bits per heavy atom. The van der Waals surface area contributed by atoms with Crippen LogP contribution in [0.4, 0.5) is 8.78 Å². The molecule has 128 valence electrons.